The van der Waals surface area contributed by atoms with Crippen LogP contribution in [0.4, 0.5) is 0 Å². The molecule has 0 saturated carbocycles. The Kier molecular flexibility index (Phi) is 10.4. The first-order chi connectivity index (χ1) is 16.7. The summed E-state index contributed by atoms with van der Waals surface area (Å²) in [6, 6.07) is 17.0. The molecule has 0 aromatic heterocycles. The Labute approximate surface area is 221 Å². The van der Waals surface area contributed by atoms with Gasteiger partial charge in [-0.1, -0.05) is 69.0 Å². The lowest BCUT2D eigenvalue weighted by molar-refractivity contribution is 0.235. The van der Waals surface area contributed by atoms with Gasteiger partial charge < -0.3 is 9.80 Å². The second-order valence-electron chi connectivity index (χ2n) is 9.41. The van der Waals surface area contributed by atoms with Gasteiger partial charge in [0.25, 0.3) is 0 Å². The van der Waals surface area contributed by atoms with E-state index < -0.39 is 0 Å². The number of halogens is 2. The fourth-order valence-corrected chi connectivity index (χ4v) is 5.33. The molecule has 0 bridgehead atoms. The third-order valence-corrected chi connectivity index (χ3v) is 7.93. The normalized spacial score (nSPS) is 18.9. The Hall–Kier alpha value is -1.34. The van der Waals surface area contributed by atoms with Crippen molar-refractivity contribution in [2.45, 2.75) is 51.4 Å². The van der Waals surface area contributed by atoms with E-state index in [9.17, 15) is 0 Å². The Morgan fingerprint density at radius 3 is 1.26 bits per heavy atom. The van der Waals surface area contributed by atoms with Gasteiger partial charge in [0.15, 0.2) is 0 Å². The van der Waals surface area contributed by atoms with Gasteiger partial charge in [0.2, 0.25) is 0 Å². The molecule has 0 unspecified atom stereocenters. The van der Waals surface area contributed by atoms with Gasteiger partial charge >= 0.3 is 0 Å². The highest BCUT2D eigenvalue weighted by atomic mass is 79.9. The molecule has 2 aliphatic rings. The summed E-state index contributed by atoms with van der Waals surface area (Å²) in [4.78, 5) is 5.15. The lowest BCUT2D eigenvalue weighted by Crippen LogP contribution is -2.32. The summed E-state index contributed by atoms with van der Waals surface area (Å²) >= 11 is 7.14. The summed E-state index contributed by atoms with van der Waals surface area (Å²) in [5, 5.41) is 9.81. The number of nitrogens with zero attached hydrogens (tertiary/aromatic N) is 4. The first-order valence-corrected chi connectivity index (χ1v) is 14.4. The molecule has 2 fully saturated rings. The van der Waals surface area contributed by atoms with Crippen LogP contribution in [0.25, 0.3) is 0 Å². The Morgan fingerprint density at radius 2 is 0.912 bits per heavy atom. The maximum absolute atomic E-state index is 4.90. The van der Waals surface area contributed by atoms with Gasteiger partial charge in [-0.3, -0.25) is 0 Å². The summed E-state index contributed by atoms with van der Waals surface area (Å²) in [6.07, 6.45) is 9.82. The van der Waals surface area contributed by atoms with Crippen molar-refractivity contribution in [2.24, 2.45) is 10.2 Å². The molecule has 0 aliphatic carbocycles. The van der Waals surface area contributed by atoms with Crippen LogP contribution in [-0.2, 0) is 0 Å². The molecule has 2 aliphatic heterocycles. The van der Waals surface area contributed by atoms with Crippen molar-refractivity contribution in [1.29, 1.82) is 0 Å². The van der Waals surface area contributed by atoms with Crippen molar-refractivity contribution in [3.63, 3.8) is 0 Å². The van der Waals surface area contributed by atoms with Crippen molar-refractivity contribution in [3.05, 3.63) is 68.6 Å². The standard InChI is InChI=1S/C28H36Br2N4/c29-25-11-7-23(8-12-25)27(15-21-33-17-3-1-4-18-33)31-32-28(24-9-13-26(30)14-10-24)16-22-34-19-5-2-6-20-34/h7-14H,1-6,15-22H2/b31-27-,32-28+. The molecular weight excluding hydrogens is 552 g/mol. The quantitative estimate of drug-likeness (QED) is 0.230. The van der Waals surface area contributed by atoms with Crippen LogP contribution >= 0.6 is 31.9 Å². The van der Waals surface area contributed by atoms with Crippen molar-refractivity contribution >= 4 is 43.3 Å². The molecule has 0 N–H and O–H groups in total. The molecule has 0 spiro atoms. The number of hydrogen-bond donors (Lipinski definition) is 0. The summed E-state index contributed by atoms with van der Waals surface area (Å²) < 4.78 is 2.18. The van der Waals surface area contributed by atoms with Crippen LogP contribution in [0.15, 0.2) is 67.7 Å². The number of rotatable bonds is 9. The molecule has 2 saturated heterocycles. The van der Waals surface area contributed by atoms with Crippen molar-refractivity contribution in [2.75, 3.05) is 39.3 Å². The second kappa shape index (κ2) is 13.7. The predicted octanol–water partition coefficient (Wildman–Crippen LogP) is 7.16. The molecule has 2 aromatic carbocycles. The number of benzene rings is 2. The Morgan fingerprint density at radius 1 is 0.559 bits per heavy atom. The van der Waals surface area contributed by atoms with Gasteiger partial charge in [0, 0.05) is 34.9 Å². The van der Waals surface area contributed by atoms with Gasteiger partial charge in [-0.2, -0.15) is 10.2 Å². The molecule has 0 amide bonds. The lowest BCUT2D eigenvalue weighted by atomic mass is 10.1. The van der Waals surface area contributed by atoms with Crippen LogP contribution in [0.1, 0.15) is 62.5 Å². The zero-order valence-corrected chi connectivity index (χ0v) is 23.2. The van der Waals surface area contributed by atoms with Crippen LogP contribution in [-0.4, -0.2) is 60.5 Å². The largest absolute Gasteiger partial charge is 0.303 e. The lowest BCUT2D eigenvalue weighted by Gasteiger charge is -2.26. The monoisotopic (exact) mass is 586 g/mol. The van der Waals surface area contributed by atoms with Crippen LogP contribution in [0.2, 0.25) is 0 Å². The minimum absolute atomic E-state index is 0.922. The Bertz CT molecular complexity index is 862. The second-order valence-corrected chi connectivity index (χ2v) is 11.2. The van der Waals surface area contributed by atoms with Crippen molar-refractivity contribution in [3.8, 4) is 0 Å². The van der Waals surface area contributed by atoms with E-state index in [1.54, 1.807) is 0 Å². The summed E-state index contributed by atoms with van der Waals surface area (Å²) in [5.74, 6) is 0. The molecule has 2 aromatic rings. The van der Waals surface area contributed by atoms with E-state index in [0.717, 1.165) is 57.4 Å². The maximum atomic E-state index is 4.90. The smallest absolute Gasteiger partial charge is 0.0715 e. The summed E-state index contributed by atoms with van der Waals surface area (Å²) in [7, 11) is 0. The average Bonchev–Trinajstić information content (AvgIpc) is 2.88. The molecule has 0 radical (unpaired) electrons. The van der Waals surface area contributed by atoms with Gasteiger partial charge in [0.1, 0.15) is 0 Å². The molecule has 6 heteroatoms. The maximum Gasteiger partial charge on any atom is 0.0715 e. The topological polar surface area (TPSA) is 31.2 Å². The van der Waals surface area contributed by atoms with Crippen molar-refractivity contribution < 1.29 is 0 Å². The number of likely N-dealkylation sites (tertiary alicyclic amines) is 2. The average molecular weight is 588 g/mol. The van der Waals surface area contributed by atoms with Crippen LogP contribution in [0, 0.1) is 0 Å². The first-order valence-electron chi connectivity index (χ1n) is 12.8. The molecule has 0 atom stereocenters. The zero-order chi connectivity index (χ0) is 23.6. The first kappa shape index (κ1) is 25.7. The minimum Gasteiger partial charge on any atom is -0.303 e. The van der Waals surface area contributed by atoms with Crippen LogP contribution in [0.5, 0.6) is 0 Å². The van der Waals surface area contributed by atoms with Crippen LogP contribution < -0.4 is 0 Å². The molecule has 2 heterocycles. The molecule has 34 heavy (non-hydrogen) atoms. The van der Waals surface area contributed by atoms with Crippen LogP contribution in [0.3, 0.4) is 0 Å². The SMILES string of the molecule is Brc1ccc(/C(CCN2CCCCC2)=N\N=C(/CCN2CCCCC2)c2ccc(Br)cc2)cc1. The highest BCUT2D eigenvalue weighted by Crippen LogP contribution is 2.17. The highest BCUT2D eigenvalue weighted by Gasteiger charge is 2.14. The van der Waals surface area contributed by atoms with Gasteiger partial charge in [-0.25, -0.2) is 0 Å². The fraction of sp³-hybridized carbons (Fsp3) is 0.500. The van der Waals surface area contributed by atoms with E-state index >= 15 is 0 Å². The fourth-order valence-electron chi connectivity index (χ4n) is 4.80. The third-order valence-electron chi connectivity index (χ3n) is 6.87. The number of piperidine rings is 2. The molecule has 4 nitrogen and oxygen atoms in total. The zero-order valence-electron chi connectivity index (χ0n) is 20.1. The highest BCUT2D eigenvalue weighted by molar-refractivity contribution is 9.10. The molecule has 182 valence electrons. The predicted molar refractivity (Wildman–Crippen MR) is 151 cm³/mol. The summed E-state index contributed by atoms with van der Waals surface area (Å²) in [6.45, 7) is 6.92. The van der Waals surface area contributed by atoms with E-state index in [4.69, 9.17) is 10.2 Å². The van der Waals surface area contributed by atoms with E-state index in [1.807, 2.05) is 0 Å². The summed E-state index contributed by atoms with van der Waals surface area (Å²) in [5.41, 5.74) is 4.47. The third kappa shape index (κ3) is 8.11. The Balaban J connectivity index is 1.56. The van der Waals surface area contributed by atoms with Gasteiger partial charge in [-0.15, -0.1) is 0 Å². The van der Waals surface area contributed by atoms with Crippen molar-refractivity contribution in [1.82, 2.24) is 9.80 Å². The van der Waals surface area contributed by atoms with E-state index in [-0.39, 0.29) is 0 Å². The van der Waals surface area contributed by atoms with Gasteiger partial charge in [0.05, 0.1) is 11.4 Å². The van der Waals surface area contributed by atoms with E-state index in [0.29, 0.717) is 0 Å². The van der Waals surface area contributed by atoms with E-state index in [1.165, 1.54) is 64.7 Å². The molecular formula is C28H36Br2N4. The molecule has 4 rings (SSSR count). The van der Waals surface area contributed by atoms with Gasteiger partial charge in [-0.05, 0) is 87.3 Å². The van der Waals surface area contributed by atoms with E-state index in [2.05, 4.69) is 90.2 Å². The minimum atomic E-state index is 0.922. The number of hydrogen-bond acceptors (Lipinski definition) is 4.